The van der Waals surface area contributed by atoms with Crippen LogP contribution in [0.4, 0.5) is 13.2 Å². The average Bonchev–Trinajstić information content (AvgIpc) is 2.75. The van der Waals surface area contributed by atoms with Gasteiger partial charge in [0.05, 0.1) is 10.6 Å². The van der Waals surface area contributed by atoms with Gasteiger partial charge >= 0.3 is 15.6 Å². The molecule has 1 aliphatic rings. The van der Waals surface area contributed by atoms with Gasteiger partial charge in [-0.3, -0.25) is 4.18 Å². The van der Waals surface area contributed by atoms with Crippen molar-refractivity contribution in [2.75, 3.05) is 6.61 Å². The predicted octanol–water partition coefficient (Wildman–Crippen LogP) is 2.38. The summed E-state index contributed by atoms with van der Waals surface area (Å²) < 4.78 is 67.0. The zero-order valence-electron chi connectivity index (χ0n) is 10.1. The van der Waals surface area contributed by atoms with E-state index in [0.717, 1.165) is 0 Å². The molecule has 0 amide bonds. The second-order valence-corrected chi connectivity index (χ2v) is 6.19. The van der Waals surface area contributed by atoms with Crippen LogP contribution in [0.2, 0.25) is 5.02 Å². The van der Waals surface area contributed by atoms with Gasteiger partial charge < -0.3 is 4.74 Å². The molecular weight excluding hydrogens is 335 g/mol. The second-order valence-electron chi connectivity index (χ2n) is 4.18. The molecule has 0 spiro atoms. The topological polar surface area (TPSA) is 76.4 Å². The van der Waals surface area contributed by atoms with Crippen LogP contribution in [0, 0.1) is 11.3 Å². The van der Waals surface area contributed by atoms with Crippen molar-refractivity contribution in [3.8, 4) is 11.8 Å². The zero-order valence-corrected chi connectivity index (χ0v) is 11.7. The molecule has 0 saturated carbocycles. The molecule has 0 radical (unpaired) electrons. The molecule has 1 aliphatic heterocycles. The minimum Gasteiger partial charge on any atom is -0.487 e. The Labute approximate surface area is 123 Å². The summed E-state index contributed by atoms with van der Waals surface area (Å²) in [5.41, 5.74) is -4.73. The molecule has 0 aliphatic carbocycles. The molecule has 114 valence electrons. The van der Waals surface area contributed by atoms with Gasteiger partial charge in [-0.25, -0.2) is 0 Å². The molecular formula is C11H7ClF3NO4S. The standard InChI is InChI=1S/C11H7ClF3NO4S/c12-9-3-10-6(1-7(9)4-16)2-8(20-10)5-19-21(17,18)11(13,14)15/h1,3,8H,2,5H2. The maximum absolute atomic E-state index is 12.1. The van der Waals surface area contributed by atoms with Gasteiger partial charge in [-0.05, 0) is 11.6 Å². The fourth-order valence-corrected chi connectivity index (χ4v) is 2.41. The van der Waals surface area contributed by atoms with E-state index in [2.05, 4.69) is 4.18 Å². The number of fused-ring (bicyclic) bond motifs is 1. The van der Waals surface area contributed by atoms with Crippen LogP contribution in [0.5, 0.6) is 5.75 Å². The van der Waals surface area contributed by atoms with Crippen LogP contribution < -0.4 is 4.74 Å². The first-order valence-corrected chi connectivity index (χ1v) is 7.27. The van der Waals surface area contributed by atoms with Gasteiger partial charge in [0.15, 0.2) is 0 Å². The normalized spacial score (nSPS) is 18.0. The summed E-state index contributed by atoms with van der Waals surface area (Å²) in [4.78, 5) is 0. The highest BCUT2D eigenvalue weighted by Crippen LogP contribution is 2.34. The highest BCUT2D eigenvalue weighted by Gasteiger charge is 2.47. The summed E-state index contributed by atoms with van der Waals surface area (Å²) in [6.45, 7) is -0.782. The number of hydrogen-bond donors (Lipinski definition) is 0. The first-order chi connectivity index (χ1) is 9.64. The summed E-state index contributed by atoms with van der Waals surface area (Å²) >= 11 is 5.79. The highest BCUT2D eigenvalue weighted by atomic mass is 35.5. The minimum absolute atomic E-state index is 0.120. The van der Waals surface area contributed by atoms with Crippen molar-refractivity contribution < 1.29 is 30.5 Å². The number of nitrogens with zero attached hydrogens (tertiary/aromatic N) is 1. The molecule has 0 bridgehead atoms. The number of rotatable bonds is 3. The summed E-state index contributed by atoms with van der Waals surface area (Å²) in [7, 11) is -5.65. The van der Waals surface area contributed by atoms with Gasteiger partial charge in [-0.1, -0.05) is 11.6 Å². The number of alkyl halides is 3. The largest absolute Gasteiger partial charge is 0.523 e. The van der Waals surface area contributed by atoms with E-state index in [1.54, 1.807) is 0 Å². The molecule has 21 heavy (non-hydrogen) atoms. The lowest BCUT2D eigenvalue weighted by Gasteiger charge is -2.12. The molecule has 0 aromatic heterocycles. The van der Waals surface area contributed by atoms with Crippen molar-refractivity contribution in [1.29, 1.82) is 5.26 Å². The molecule has 1 aromatic rings. The van der Waals surface area contributed by atoms with E-state index in [9.17, 15) is 21.6 Å². The molecule has 2 rings (SSSR count). The van der Waals surface area contributed by atoms with Gasteiger partial charge in [0, 0.05) is 12.5 Å². The number of benzene rings is 1. The Kier molecular flexibility index (Phi) is 4.06. The smallest absolute Gasteiger partial charge is 0.487 e. The Morgan fingerprint density at radius 2 is 2.14 bits per heavy atom. The van der Waals surface area contributed by atoms with Crippen molar-refractivity contribution in [3.05, 3.63) is 28.3 Å². The quantitative estimate of drug-likeness (QED) is 0.623. The lowest BCUT2D eigenvalue weighted by Crippen LogP contribution is -2.30. The van der Waals surface area contributed by atoms with Crippen molar-refractivity contribution in [2.45, 2.75) is 18.0 Å². The molecule has 1 heterocycles. The van der Waals surface area contributed by atoms with Crippen molar-refractivity contribution in [1.82, 2.24) is 0 Å². The Bertz CT molecular complexity index is 711. The van der Waals surface area contributed by atoms with Crippen LogP contribution in [-0.2, 0) is 20.7 Å². The summed E-state index contributed by atoms with van der Waals surface area (Å²) in [5, 5.41) is 8.95. The zero-order chi connectivity index (χ0) is 15.8. The van der Waals surface area contributed by atoms with Gasteiger partial charge in [0.2, 0.25) is 0 Å². The summed E-state index contributed by atoms with van der Waals surface area (Å²) in [6, 6.07) is 4.65. The fraction of sp³-hybridized carbons (Fsp3) is 0.364. The van der Waals surface area contributed by atoms with Crippen LogP contribution in [0.3, 0.4) is 0 Å². The fourth-order valence-electron chi connectivity index (χ4n) is 1.75. The average molecular weight is 342 g/mol. The molecule has 5 nitrogen and oxygen atoms in total. The monoisotopic (exact) mass is 341 g/mol. The number of hydrogen-bond acceptors (Lipinski definition) is 5. The van der Waals surface area contributed by atoms with E-state index in [4.69, 9.17) is 21.6 Å². The Hall–Kier alpha value is -1.50. The number of nitriles is 1. The number of halogens is 4. The van der Waals surface area contributed by atoms with Crippen LogP contribution in [-0.4, -0.2) is 26.6 Å². The van der Waals surface area contributed by atoms with Gasteiger partial charge in [0.1, 0.15) is 24.5 Å². The Morgan fingerprint density at radius 1 is 1.48 bits per heavy atom. The maximum atomic E-state index is 12.1. The molecule has 1 aromatic carbocycles. The lowest BCUT2D eigenvalue weighted by atomic mass is 10.1. The van der Waals surface area contributed by atoms with Crippen LogP contribution >= 0.6 is 11.6 Å². The maximum Gasteiger partial charge on any atom is 0.523 e. The summed E-state index contributed by atoms with van der Waals surface area (Å²) in [5.74, 6) is 0.289. The third-order valence-electron chi connectivity index (χ3n) is 2.70. The molecule has 1 unspecified atom stereocenters. The van der Waals surface area contributed by atoms with Gasteiger partial charge in [0.25, 0.3) is 0 Å². The summed E-state index contributed by atoms with van der Waals surface area (Å²) in [6.07, 6.45) is -0.781. The van der Waals surface area contributed by atoms with Crippen LogP contribution in [0.15, 0.2) is 12.1 Å². The van der Waals surface area contributed by atoms with E-state index in [-0.39, 0.29) is 22.8 Å². The van der Waals surface area contributed by atoms with E-state index in [1.165, 1.54) is 12.1 Å². The molecule has 0 saturated heterocycles. The first kappa shape index (κ1) is 15.9. The Morgan fingerprint density at radius 3 is 2.71 bits per heavy atom. The van der Waals surface area contributed by atoms with E-state index >= 15 is 0 Å². The second kappa shape index (κ2) is 5.36. The highest BCUT2D eigenvalue weighted by molar-refractivity contribution is 7.87. The van der Waals surface area contributed by atoms with Crippen molar-refractivity contribution in [3.63, 3.8) is 0 Å². The number of ether oxygens (including phenoxy) is 1. The van der Waals surface area contributed by atoms with Crippen LogP contribution in [0.25, 0.3) is 0 Å². The molecule has 0 N–H and O–H groups in total. The lowest BCUT2D eigenvalue weighted by molar-refractivity contribution is -0.0557. The van der Waals surface area contributed by atoms with Crippen molar-refractivity contribution in [2.24, 2.45) is 0 Å². The van der Waals surface area contributed by atoms with Gasteiger partial charge in [-0.15, -0.1) is 0 Å². The van der Waals surface area contributed by atoms with E-state index in [1.807, 2.05) is 6.07 Å². The first-order valence-electron chi connectivity index (χ1n) is 5.49. The van der Waals surface area contributed by atoms with Crippen LogP contribution in [0.1, 0.15) is 11.1 Å². The molecule has 0 fully saturated rings. The van der Waals surface area contributed by atoms with Crippen molar-refractivity contribution >= 4 is 21.7 Å². The third kappa shape index (κ3) is 3.23. The Balaban J connectivity index is 2.07. The third-order valence-corrected chi connectivity index (χ3v) is 4.03. The SMILES string of the molecule is N#Cc1cc2c(cc1Cl)OC(COS(=O)(=O)C(F)(F)F)C2. The minimum atomic E-state index is -5.65. The van der Waals surface area contributed by atoms with Gasteiger partial charge in [-0.2, -0.15) is 26.9 Å². The van der Waals surface area contributed by atoms with E-state index in [0.29, 0.717) is 5.56 Å². The molecule has 10 heteroatoms. The van der Waals surface area contributed by atoms with E-state index < -0.39 is 28.3 Å². The molecule has 1 atom stereocenters. The predicted molar refractivity (Wildman–Crippen MR) is 65.2 cm³/mol.